The topological polar surface area (TPSA) is 29.5 Å². The van der Waals surface area contributed by atoms with Crippen LogP contribution in [0.5, 0.6) is 0 Å². The summed E-state index contributed by atoms with van der Waals surface area (Å²) in [6.45, 7) is 0. The molecule has 1 saturated heterocycles. The van der Waals surface area contributed by atoms with Crippen molar-refractivity contribution in [2.24, 2.45) is 0 Å². The number of aliphatic hydroxyl groups is 1. The first-order chi connectivity index (χ1) is 6.79. The molecular weight excluding hydrogens is 176 g/mol. The van der Waals surface area contributed by atoms with Crippen LogP contribution in [-0.2, 0) is 10.3 Å². The van der Waals surface area contributed by atoms with E-state index in [1.54, 1.807) is 0 Å². The standard InChI is InChI=1S/C12H12O2/c13-12(9-4-2-1-3-5-9)8-10-6-7-11(12)14-10/h1-7,10-11,13H,8H2/t10-,11+,12-/m1/s1. The molecule has 2 bridgehead atoms. The summed E-state index contributed by atoms with van der Waals surface area (Å²) >= 11 is 0. The molecular formula is C12H12O2. The summed E-state index contributed by atoms with van der Waals surface area (Å²) in [4.78, 5) is 0. The average molecular weight is 188 g/mol. The van der Waals surface area contributed by atoms with Gasteiger partial charge in [0.1, 0.15) is 11.7 Å². The van der Waals surface area contributed by atoms with E-state index >= 15 is 0 Å². The summed E-state index contributed by atoms with van der Waals surface area (Å²) in [6, 6.07) is 9.76. The Morgan fingerprint density at radius 3 is 2.57 bits per heavy atom. The van der Waals surface area contributed by atoms with Gasteiger partial charge in [0.2, 0.25) is 0 Å². The molecule has 0 saturated carbocycles. The Kier molecular flexibility index (Phi) is 1.58. The maximum Gasteiger partial charge on any atom is 0.122 e. The summed E-state index contributed by atoms with van der Waals surface area (Å²) in [5.41, 5.74) is 0.151. The molecule has 1 aromatic carbocycles. The van der Waals surface area contributed by atoms with E-state index < -0.39 is 5.60 Å². The van der Waals surface area contributed by atoms with Crippen LogP contribution in [0.2, 0.25) is 0 Å². The predicted octanol–water partition coefficient (Wildman–Crippen LogP) is 1.60. The minimum Gasteiger partial charge on any atom is -0.382 e. The maximum atomic E-state index is 10.5. The van der Waals surface area contributed by atoms with Crippen molar-refractivity contribution >= 4 is 0 Å². The molecule has 0 aliphatic carbocycles. The highest BCUT2D eigenvalue weighted by Crippen LogP contribution is 2.43. The Balaban J connectivity index is 2.03. The third-order valence-electron chi connectivity index (χ3n) is 3.08. The van der Waals surface area contributed by atoms with Gasteiger partial charge in [0.15, 0.2) is 0 Å². The van der Waals surface area contributed by atoms with Gasteiger partial charge in [-0.2, -0.15) is 0 Å². The zero-order chi connectivity index (χ0) is 9.60. The number of benzene rings is 1. The fraction of sp³-hybridized carbons (Fsp3) is 0.333. The second-order valence-electron chi connectivity index (χ2n) is 3.97. The van der Waals surface area contributed by atoms with Crippen molar-refractivity contribution in [3.05, 3.63) is 48.0 Å². The Bertz CT molecular complexity index is 371. The summed E-state index contributed by atoms with van der Waals surface area (Å²) in [6.07, 6.45) is 4.61. The quantitative estimate of drug-likeness (QED) is 0.678. The third kappa shape index (κ3) is 0.982. The van der Waals surface area contributed by atoms with Crippen LogP contribution in [-0.4, -0.2) is 17.3 Å². The van der Waals surface area contributed by atoms with Crippen LogP contribution in [0.25, 0.3) is 0 Å². The lowest BCUT2D eigenvalue weighted by atomic mass is 9.83. The van der Waals surface area contributed by atoms with Gasteiger partial charge in [-0.05, 0) is 5.56 Å². The zero-order valence-electron chi connectivity index (χ0n) is 7.76. The summed E-state index contributed by atoms with van der Waals surface area (Å²) in [5, 5.41) is 10.5. The molecule has 2 aliphatic heterocycles. The lowest BCUT2D eigenvalue weighted by Crippen LogP contribution is -2.34. The third-order valence-corrected chi connectivity index (χ3v) is 3.08. The van der Waals surface area contributed by atoms with Gasteiger partial charge in [-0.15, -0.1) is 0 Å². The molecule has 2 nitrogen and oxygen atoms in total. The molecule has 3 atom stereocenters. The number of hydrogen-bond acceptors (Lipinski definition) is 2. The van der Waals surface area contributed by atoms with Gasteiger partial charge < -0.3 is 9.84 Å². The van der Waals surface area contributed by atoms with Gasteiger partial charge in [-0.25, -0.2) is 0 Å². The molecule has 2 aliphatic rings. The lowest BCUT2D eigenvalue weighted by Gasteiger charge is -2.27. The highest BCUT2D eigenvalue weighted by molar-refractivity contribution is 5.31. The Morgan fingerprint density at radius 1 is 1.21 bits per heavy atom. The molecule has 72 valence electrons. The van der Waals surface area contributed by atoms with E-state index in [-0.39, 0.29) is 12.2 Å². The predicted molar refractivity (Wildman–Crippen MR) is 52.8 cm³/mol. The first kappa shape index (κ1) is 8.21. The zero-order valence-corrected chi connectivity index (χ0v) is 7.76. The van der Waals surface area contributed by atoms with Crippen molar-refractivity contribution in [1.29, 1.82) is 0 Å². The van der Waals surface area contributed by atoms with Gasteiger partial charge >= 0.3 is 0 Å². The second kappa shape index (κ2) is 2.69. The van der Waals surface area contributed by atoms with Gasteiger partial charge in [0.25, 0.3) is 0 Å². The van der Waals surface area contributed by atoms with Gasteiger partial charge in [-0.3, -0.25) is 0 Å². The molecule has 0 spiro atoms. The van der Waals surface area contributed by atoms with Crippen LogP contribution in [0.3, 0.4) is 0 Å². The Hall–Kier alpha value is -1.12. The number of rotatable bonds is 1. The van der Waals surface area contributed by atoms with Gasteiger partial charge in [-0.1, -0.05) is 42.5 Å². The number of fused-ring (bicyclic) bond motifs is 2. The van der Waals surface area contributed by atoms with Crippen molar-refractivity contribution in [3.8, 4) is 0 Å². The van der Waals surface area contributed by atoms with Crippen LogP contribution in [0.1, 0.15) is 12.0 Å². The van der Waals surface area contributed by atoms with Crippen LogP contribution < -0.4 is 0 Å². The van der Waals surface area contributed by atoms with E-state index in [1.807, 2.05) is 42.5 Å². The molecule has 2 heteroatoms. The van der Waals surface area contributed by atoms with E-state index in [0.29, 0.717) is 6.42 Å². The summed E-state index contributed by atoms with van der Waals surface area (Å²) < 4.78 is 5.58. The number of ether oxygens (including phenoxy) is 1. The fourth-order valence-corrected chi connectivity index (χ4v) is 2.32. The maximum absolute atomic E-state index is 10.5. The fourth-order valence-electron chi connectivity index (χ4n) is 2.32. The molecule has 1 N–H and O–H groups in total. The first-order valence-electron chi connectivity index (χ1n) is 4.91. The molecule has 0 amide bonds. The largest absolute Gasteiger partial charge is 0.382 e. The Labute approximate surface area is 82.8 Å². The first-order valence-corrected chi connectivity index (χ1v) is 4.91. The molecule has 2 heterocycles. The van der Waals surface area contributed by atoms with Crippen molar-refractivity contribution in [2.45, 2.75) is 24.2 Å². The minimum atomic E-state index is -0.805. The summed E-state index contributed by atoms with van der Waals surface area (Å²) in [7, 11) is 0. The van der Waals surface area contributed by atoms with Crippen molar-refractivity contribution < 1.29 is 9.84 Å². The SMILES string of the molecule is O[C@@]1(c2ccccc2)C[C@H]2C=C[C@@H]1O2. The van der Waals surface area contributed by atoms with E-state index in [4.69, 9.17) is 4.74 Å². The smallest absolute Gasteiger partial charge is 0.122 e. The van der Waals surface area contributed by atoms with Gasteiger partial charge in [0, 0.05) is 6.42 Å². The van der Waals surface area contributed by atoms with E-state index in [0.717, 1.165) is 5.56 Å². The molecule has 0 unspecified atom stereocenters. The summed E-state index contributed by atoms with van der Waals surface area (Å²) in [5.74, 6) is 0. The van der Waals surface area contributed by atoms with Crippen molar-refractivity contribution in [1.82, 2.24) is 0 Å². The van der Waals surface area contributed by atoms with E-state index in [2.05, 4.69) is 0 Å². The monoisotopic (exact) mass is 188 g/mol. The van der Waals surface area contributed by atoms with E-state index in [9.17, 15) is 5.11 Å². The molecule has 14 heavy (non-hydrogen) atoms. The highest BCUT2D eigenvalue weighted by Gasteiger charge is 2.49. The minimum absolute atomic E-state index is 0.102. The number of hydrogen-bond donors (Lipinski definition) is 1. The van der Waals surface area contributed by atoms with Crippen molar-refractivity contribution in [2.75, 3.05) is 0 Å². The van der Waals surface area contributed by atoms with Crippen LogP contribution >= 0.6 is 0 Å². The average Bonchev–Trinajstić information content (AvgIpc) is 2.79. The van der Waals surface area contributed by atoms with Gasteiger partial charge in [0.05, 0.1) is 6.10 Å². The second-order valence-corrected chi connectivity index (χ2v) is 3.97. The molecule has 0 aromatic heterocycles. The highest BCUT2D eigenvalue weighted by atomic mass is 16.5. The molecule has 1 fully saturated rings. The van der Waals surface area contributed by atoms with Crippen molar-refractivity contribution in [3.63, 3.8) is 0 Å². The normalized spacial score (nSPS) is 39.2. The molecule has 1 aromatic rings. The Morgan fingerprint density at radius 2 is 2.00 bits per heavy atom. The van der Waals surface area contributed by atoms with E-state index in [1.165, 1.54) is 0 Å². The van der Waals surface area contributed by atoms with Crippen LogP contribution in [0, 0.1) is 0 Å². The van der Waals surface area contributed by atoms with Crippen LogP contribution in [0.15, 0.2) is 42.5 Å². The molecule has 3 rings (SSSR count). The van der Waals surface area contributed by atoms with Crippen LogP contribution in [0.4, 0.5) is 0 Å². The molecule has 0 radical (unpaired) electrons. The lowest BCUT2D eigenvalue weighted by molar-refractivity contribution is -0.0153.